The molecule has 0 aromatic carbocycles. The molecule has 0 bridgehead atoms. The highest BCUT2D eigenvalue weighted by atomic mass is 16.1. The van der Waals surface area contributed by atoms with Gasteiger partial charge in [0.2, 0.25) is 0 Å². The number of carbonyl (C=O) groups excluding carboxylic acids is 1. The maximum absolute atomic E-state index is 11.1. The number of aldehydes is 1. The molecule has 0 atom stereocenters. The van der Waals surface area contributed by atoms with Gasteiger partial charge in [0.25, 0.3) is 0 Å². The summed E-state index contributed by atoms with van der Waals surface area (Å²) in [7, 11) is 0. The van der Waals surface area contributed by atoms with E-state index in [9.17, 15) is 4.79 Å². The predicted octanol–water partition coefficient (Wildman–Crippen LogP) is 2.70. The molecule has 0 radical (unpaired) electrons. The fraction of sp³-hybridized carbons (Fsp3) is 0.462. The molecule has 2 rings (SSSR count). The molecule has 0 saturated heterocycles. The second-order valence-electron chi connectivity index (χ2n) is 4.51. The van der Waals surface area contributed by atoms with Crippen molar-refractivity contribution in [2.75, 3.05) is 0 Å². The fourth-order valence-electron chi connectivity index (χ4n) is 2.01. The van der Waals surface area contributed by atoms with E-state index >= 15 is 0 Å². The van der Waals surface area contributed by atoms with Crippen LogP contribution in [0.3, 0.4) is 0 Å². The number of hydrogen-bond acceptors (Lipinski definition) is 3. The number of aromatic nitrogens is 3. The third-order valence-electron chi connectivity index (χ3n) is 2.93. The van der Waals surface area contributed by atoms with E-state index in [0.717, 1.165) is 35.4 Å². The average molecular weight is 231 g/mol. The lowest BCUT2D eigenvalue weighted by molar-refractivity contribution is 0.112. The Morgan fingerprint density at radius 1 is 1.41 bits per heavy atom. The highest BCUT2D eigenvalue weighted by molar-refractivity contribution is 5.97. The molecule has 2 aromatic rings. The first-order valence-corrected chi connectivity index (χ1v) is 5.91. The summed E-state index contributed by atoms with van der Waals surface area (Å²) in [5, 5.41) is 0.881. The summed E-state index contributed by atoms with van der Waals surface area (Å²) >= 11 is 0. The summed E-state index contributed by atoms with van der Waals surface area (Å²) in [6.45, 7) is 8.92. The molecule has 0 aliphatic rings. The van der Waals surface area contributed by atoms with Gasteiger partial charge in [-0.3, -0.25) is 4.79 Å². The Morgan fingerprint density at radius 2 is 2.12 bits per heavy atom. The molecule has 0 fully saturated rings. The maximum atomic E-state index is 11.1. The SMILES string of the molecule is CCn1cc(C=O)c2c(C)nc(C(C)C)nc21. The minimum Gasteiger partial charge on any atom is -0.332 e. The Bertz CT molecular complexity index is 570. The minimum absolute atomic E-state index is 0.290. The third kappa shape index (κ3) is 1.84. The Balaban J connectivity index is 2.82. The second kappa shape index (κ2) is 4.28. The van der Waals surface area contributed by atoms with Gasteiger partial charge in [-0.2, -0.15) is 0 Å². The van der Waals surface area contributed by atoms with Crippen LogP contribution in [0.15, 0.2) is 6.20 Å². The molecule has 0 spiro atoms. The predicted molar refractivity (Wildman–Crippen MR) is 67.4 cm³/mol. The molecule has 4 heteroatoms. The molecule has 17 heavy (non-hydrogen) atoms. The van der Waals surface area contributed by atoms with E-state index < -0.39 is 0 Å². The topological polar surface area (TPSA) is 47.8 Å². The molecule has 2 heterocycles. The normalized spacial score (nSPS) is 11.4. The Kier molecular flexibility index (Phi) is 2.96. The van der Waals surface area contributed by atoms with Gasteiger partial charge in [-0.1, -0.05) is 13.8 Å². The fourth-order valence-corrected chi connectivity index (χ4v) is 2.01. The van der Waals surface area contributed by atoms with Crippen molar-refractivity contribution >= 4 is 17.3 Å². The van der Waals surface area contributed by atoms with Gasteiger partial charge in [0, 0.05) is 24.2 Å². The van der Waals surface area contributed by atoms with E-state index in [-0.39, 0.29) is 5.92 Å². The zero-order valence-corrected chi connectivity index (χ0v) is 10.7. The molecular weight excluding hydrogens is 214 g/mol. The molecule has 4 nitrogen and oxygen atoms in total. The van der Waals surface area contributed by atoms with E-state index in [1.807, 2.05) is 24.6 Å². The van der Waals surface area contributed by atoms with Crippen molar-refractivity contribution in [1.29, 1.82) is 0 Å². The molecule has 0 saturated carbocycles. The monoisotopic (exact) mass is 231 g/mol. The van der Waals surface area contributed by atoms with Crippen molar-refractivity contribution in [1.82, 2.24) is 14.5 Å². The lowest BCUT2D eigenvalue weighted by Gasteiger charge is -2.07. The highest BCUT2D eigenvalue weighted by Gasteiger charge is 2.14. The van der Waals surface area contributed by atoms with E-state index in [4.69, 9.17) is 0 Å². The van der Waals surface area contributed by atoms with Crippen LogP contribution in [0.25, 0.3) is 11.0 Å². The van der Waals surface area contributed by atoms with Crippen LogP contribution in [0.1, 0.15) is 48.6 Å². The van der Waals surface area contributed by atoms with E-state index in [1.165, 1.54) is 0 Å². The van der Waals surface area contributed by atoms with Crippen LogP contribution in [0, 0.1) is 6.92 Å². The molecule has 0 N–H and O–H groups in total. The lowest BCUT2D eigenvalue weighted by atomic mass is 10.1. The van der Waals surface area contributed by atoms with Crippen LogP contribution < -0.4 is 0 Å². The van der Waals surface area contributed by atoms with Crippen molar-refractivity contribution in [2.24, 2.45) is 0 Å². The Labute approximate surface area is 101 Å². The molecule has 90 valence electrons. The Morgan fingerprint density at radius 3 is 2.65 bits per heavy atom. The molecule has 0 amide bonds. The van der Waals surface area contributed by atoms with Crippen molar-refractivity contribution < 1.29 is 4.79 Å². The van der Waals surface area contributed by atoms with Gasteiger partial charge in [0.15, 0.2) is 6.29 Å². The van der Waals surface area contributed by atoms with Crippen LogP contribution in [0.5, 0.6) is 0 Å². The summed E-state index contributed by atoms with van der Waals surface area (Å²) < 4.78 is 2.00. The maximum Gasteiger partial charge on any atom is 0.152 e. The Hall–Kier alpha value is -1.71. The van der Waals surface area contributed by atoms with Gasteiger partial charge in [0.1, 0.15) is 11.5 Å². The van der Waals surface area contributed by atoms with Crippen LogP contribution >= 0.6 is 0 Å². The van der Waals surface area contributed by atoms with Crippen LogP contribution in [0.2, 0.25) is 0 Å². The van der Waals surface area contributed by atoms with Crippen molar-refractivity contribution in [2.45, 2.75) is 40.2 Å². The van der Waals surface area contributed by atoms with Crippen LogP contribution in [-0.4, -0.2) is 20.8 Å². The van der Waals surface area contributed by atoms with Crippen LogP contribution in [-0.2, 0) is 6.54 Å². The van der Waals surface area contributed by atoms with Gasteiger partial charge in [0.05, 0.1) is 11.1 Å². The zero-order valence-electron chi connectivity index (χ0n) is 10.7. The van der Waals surface area contributed by atoms with E-state index in [0.29, 0.717) is 5.56 Å². The van der Waals surface area contributed by atoms with E-state index in [2.05, 4.69) is 23.8 Å². The smallest absolute Gasteiger partial charge is 0.152 e. The van der Waals surface area contributed by atoms with Gasteiger partial charge < -0.3 is 4.57 Å². The number of carbonyl (C=O) groups is 1. The van der Waals surface area contributed by atoms with Crippen molar-refractivity contribution in [3.05, 3.63) is 23.3 Å². The number of nitrogens with zero attached hydrogens (tertiary/aromatic N) is 3. The average Bonchev–Trinajstić information content (AvgIpc) is 2.67. The standard InChI is InChI=1S/C13H17N3O/c1-5-16-6-10(7-17)11-9(4)14-12(8(2)3)15-13(11)16/h6-8H,5H2,1-4H3. The van der Waals surface area contributed by atoms with Gasteiger partial charge in [-0.15, -0.1) is 0 Å². The van der Waals surface area contributed by atoms with Crippen molar-refractivity contribution in [3.63, 3.8) is 0 Å². The molecule has 0 unspecified atom stereocenters. The molecule has 2 aromatic heterocycles. The third-order valence-corrected chi connectivity index (χ3v) is 2.93. The summed E-state index contributed by atoms with van der Waals surface area (Å²) in [4.78, 5) is 20.1. The molecule has 0 aliphatic carbocycles. The summed E-state index contributed by atoms with van der Waals surface area (Å²) in [6, 6.07) is 0. The number of aryl methyl sites for hydroxylation is 2. The van der Waals surface area contributed by atoms with E-state index in [1.54, 1.807) is 0 Å². The molecular formula is C13H17N3O. The van der Waals surface area contributed by atoms with Gasteiger partial charge in [-0.05, 0) is 13.8 Å². The summed E-state index contributed by atoms with van der Waals surface area (Å²) in [6.07, 6.45) is 2.73. The van der Waals surface area contributed by atoms with Crippen LogP contribution in [0.4, 0.5) is 0 Å². The molecule has 0 aliphatic heterocycles. The highest BCUT2D eigenvalue weighted by Crippen LogP contribution is 2.23. The zero-order chi connectivity index (χ0) is 12.6. The van der Waals surface area contributed by atoms with Gasteiger partial charge in [-0.25, -0.2) is 9.97 Å². The largest absolute Gasteiger partial charge is 0.332 e. The minimum atomic E-state index is 0.290. The number of fused-ring (bicyclic) bond motifs is 1. The van der Waals surface area contributed by atoms with Gasteiger partial charge >= 0.3 is 0 Å². The first kappa shape index (κ1) is 11.8. The number of rotatable bonds is 3. The summed E-state index contributed by atoms with van der Waals surface area (Å²) in [5.41, 5.74) is 2.42. The first-order valence-electron chi connectivity index (χ1n) is 5.91. The van der Waals surface area contributed by atoms with Crippen molar-refractivity contribution in [3.8, 4) is 0 Å². The lowest BCUT2D eigenvalue weighted by Crippen LogP contribution is -2.03. The quantitative estimate of drug-likeness (QED) is 0.763. The summed E-state index contributed by atoms with van der Waals surface area (Å²) in [5.74, 6) is 1.12. The second-order valence-corrected chi connectivity index (χ2v) is 4.51. The first-order chi connectivity index (χ1) is 8.08. The number of hydrogen-bond donors (Lipinski definition) is 0.